The third kappa shape index (κ3) is 3.72. The topological polar surface area (TPSA) is 41.1 Å². The van der Waals surface area contributed by atoms with Gasteiger partial charge in [0, 0.05) is 23.3 Å². The van der Waals surface area contributed by atoms with Crippen molar-refractivity contribution in [3.63, 3.8) is 0 Å². The Balaban J connectivity index is 1.93. The molecule has 2 N–H and O–H groups in total. The van der Waals surface area contributed by atoms with Crippen LogP contribution in [0, 0.1) is 11.8 Å². The van der Waals surface area contributed by atoms with E-state index in [0.717, 1.165) is 17.3 Å². The van der Waals surface area contributed by atoms with Crippen molar-refractivity contribution in [1.29, 1.82) is 0 Å². The normalized spacial score (nSPS) is 22.5. The Kier molecular flexibility index (Phi) is 4.46. The molecule has 3 nitrogen and oxygen atoms in total. The maximum atomic E-state index is 11.6. The van der Waals surface area contributed by atoms with Gasteiger partial charge in [0.2, 0.25) is 5.91 Å². The molecule has 19 heavy (non-hydrogen) atoms. The molecule has 0 heterocycles. The van der Waals surface area contributed by atoms with E-state index in [2.05, 4.69) is 17.6 Å². The predicted molar refractivity (Wildman–Crippen MR) is 80.3 cm³/mol. The Bertz CT molecular complexity index is 425. The molecule has 1 aliphatic carbocycles. The monoisotopic (exact) mass is 260 g/mol. The molecule has 0 spiro atoms. The van der Waals surface area contributed by atoms with Crippen molar-refractivity contribution >= 4 is 17.3 Å². The number of anilines is 2. The minimum Gasteiger partial charge on any atom is -0.382 e. The summed E-state index contributed by atoms with van der Waals surface area (Å²) in [4.78, 5) is 11.6. The van der Waals surface area contributed by atoms with E-state index in [9.17, 15) is 4.79 Å². The number of hydrogen-bond acceptors (Lipinski definition) is 2. The predicted octanol–water partition coefficient (Wildman–Crippen LogP) is 3.88. The van der Waals surface area contributed by atoms with Crippen molar-refractivity contribution in [2.75, 3.05) is 10.6 Å². The summed E-state index contributed by atoms with van der Waals surface area (Å²) in [5.41, 5.74) is 2.00. The quantitative estimate of drug-likeness (QED) is 0.862. The molecule has 0 aliphatic heterocycles. The number of nitrogens with one attached hydrogen (secondary N) is 2. The second-order valence-electron chi connectivity index (χ2n) is 5.88. The number of hydrogen-bond donors (Lipinski definition) is 2. The molecule has 3 heteroatoms. The van der Waals surface area contributed by atoms with Gasteiger partial charge in [-0.1, -0.05) is 27.2 Å². The van der Waals surface area contributed by atoms with Crippen LogP contribution in [0.2, 0.25) is 0 Å². The lowest BCUT2D eigenvalue weighted by atomic mass is 10.1. The fraction of sp³-hybridized carbons (Fsp3) is 0.562. The van der Waals surface area contributed by atoms with Crippen LogP contribution in [0.15, 0.2) is 24.3 Å². The molecule has 1 amide bonds. The molecule has 1 aliphatic rings. The molecule has 2 atom stereocenters. The molecule has 0 radical (unpaired) electrons. The van der Waals surface area contributed by atoms with Crippen LogP contribution in [0.25, 0.3) is 0 Å². The van der Waals surface area contributed by atoms with E-state index in [-0.39, 0.29) is 11.8 Å². The van der Waals surface area contributed by atoms with Gasteiger partial charge in [-0.3, -0.25) is 4.79 Å². The molecule has 1 fully saturated rings. The third-order valence-electron chi connectivity index (χ3n) is 3.89. The molecular formula is C16H24N2O. The van der Waals surface area contributed by atoms with Gasteiger partial charge in [0.05, 0.1) is 0 Å². The Hall–Kier alpha value is -1.51. The van der Waals surface area contributed by atoms with E-state index in [1.54, 1.807) is 0 Å². The Morgan fingerprint density at radius 2 is 1.79 bits per heavy atom. The van der Waals surface area contributed by atoms with Gasteiger partial charge in [-0.05, 0) is 43.0 Å². The minimum atomic E-state index is 0.0112. The number of carbonyl (C=O) groups excluding carboxylic acids is 1. The van der Waals surface area contributed by atoms with Crippen LogP contribution in [0.5, 0.6) is 0 Å². The van der Waals surface area contributed by atoms with Crippen LogP contribution in [-0.4, -0.2) is 11.9 Å². The fourth-order valence-corrected chi connectivity index (χ4v) is 2.51. The van der Waals surface area contributed by atoms with Crippen LogP contribution < -0.4 is 10.6 Å². The van der Waals surface area contributed by atoms with Gasteiger partial charge in [0.15, 0.2) is 0 Å². The van der Waals surface area contributed by atoms with E-state index in [4.69, 9.17) is 0 Å². The van der Waals surface area contributed by atoms with E-state index < -0.39 is 0 Å². The first-order chi connectivity index (χ1) is 9.06. The second kappa shape index (κ2) is 6.09. The highest BCUT2D eigenvalue weighted by molar-refractivity contribution is 5.92. The van der Waals surface area contributed by atoms with E-state index >= 15 is 0 Å². The average Bonchev–Trinajstić information content (AvgIpc) is 2.77. The minimum absolute atomic E-state index is 0.0112. The van der Waals surface area contributed by atoms with Crippen LogP contribution in [0.4, 0.5) is 11.4 Å². The van der Waals surface area contributed by atoms with E-state index in [1.165, 1.54) is 19.3 Å². The summed E-state index contributed by atoms with van der Waals surface area (Å²) >= 11 is 0. The maximum Gasteiger partial charge on any atom is 0.226 e. The van der Waals surface area contributed by atoms with E-state index in [0.29, 0.717) is 6.04 Å². The maximum absolute atomic E-state index is 11.6. The third-order valence-corrected chi connectivity index (χ3v) is 3.89. The highest BCUT2D eigenvalue weighted by atomic mass is 16.1. The summed E-state index contributed by atoms with van der Waals surface area (Å²) in [6.45, 7) is 6.10. The summed E-state index contributed by atoms with van der Waals surface area (Å²) in [7, 11) is 0. The summed E-state index contributed by atoms with van der Waals surface area (Å²) in [5, 5.41) is 6.49. The molecule has 1 saturated carbocycles. The summed E-state index contributed by atoms with van der Waals surface area (Å²) < 4.78 is 0. The van der Waals surface area contributed by atoms with Crippen molar-refractivity contribution in [2.45, 2.75) is 46.1 Å². The van der Waals surface area contributed by atoms with Crippen LogP contribution >= 0.6 is 0 Å². The van der Waals surface area contributed by atoms with Crippen molar-refractivity contribution in [2.24, 2.45) is 11.8 Å². The smallest absolute Gasteiger partial charge is 0.226 e. The lowest BCUT2D eigenvalue weighted by Crippen LogP contribution is -2.21. The van der Waals surface area contributed by atoms with Crippen LogP contribution in [0.1, 0.15) is 40.0 Å². The first kappa shape index (κ1) is 13.9. The van der Waals surface area contributed by atoms with Gasteiger partial charge in [-0.25, -0.2) is 0 Å². The summed E-state index contributed by atoms with van der Waals surface area (Å²) in [6.07, 6.45) is 3.90. The Morgan fingerprint density at radius 3 is 2.32 bits per heavy atom. The van der Waals surface area contributed by atoms with Crippen LogP contribution in [0.3, 0.4) is 0 Å². The zero-order valence-corrected chi connectivity index (χ0v) is 12.1. The molecule has 0 aromatic heterocycles. The SMILES string of the molecule is CC(C)C(=O)Nc1ccc(NC2CCCC2C)cc1. The van der Waals surface area contributed by atoms with Gasteiger partial charge in [-0.2, -0.15) is 0 Å². The van der Waals surface area contributed by atoms with Gasteiger partial charge in [0.1, 0.15) is 0 Å². The first-order valence-corrected chi connectivity index (χ1v) is 7.23. The first-order valence-electron chi connectivity index (χ1n) is 7.23. The zero-order chi connectivity index (χ0) is 13.8. The fourth-order valence-electron chi connectivity index (χ4n) is 2.51. The van der Waals surface area contributed by atoms with Crippen molar-refractivity contribution < 1.29 is 4.79 Å². The lowest BCUT2D eigenvalue weighted by Gasteiger charge is -2.19. The highest BCUT2D eigenvalue weighted by Gasteiger charge is 2.22. The summed E-state index contributed by atoms with van der Waals surface area (Å²) in [6, 6.07) is 8.60. The average molecular weight is 260 g/mol. The largest absolute Gasteiger partial charge is 0.382 e. The van der Waals surface area contributed by atoms with E-state index in [1.807, 2.05) is 38.1 Å². The van der Waals surface area contributed by atoms with Gasteiger partial charge in [-0.15, -0.1) is 0 Å². The Morgan fingerprint density at radius 1 is 1.16 bits per heavy atom. The van der Waals surface area contributed by atoms with Crippen LogP contribution in [-0.2, 0) is 4.79 Å². The molecule has 1 aromatic carbocycles. The highest BCUT2D eigenvalue weighted by Crippen LogP contribution is 2.28. The molecule has 2 rings (SSSR count). The molecule has 104 valence electrons. The number of rotatable bonds is 4. The zero-order valence-electron chi connectivity index (χ0n) is 12.1. The standard InChI is InChI=1S/C16H24N2O/c1-11(2)16(19)18-14-9-7-13(8-10-14)17-15-6-4-5-12(15)3/h7-12,15,17H,4-6H2,1-3H3,(H,18,19). The number of carbonyl (C=O) groups is 1. The second-order valence-corrected chi connectivity index (χ2v) is 5.88. The number of amides is 1. The van der Waals surface area contributed by atoms with Gasteiger partial charge < -0.3 is 10.6 Å². The lowest BCUT2D eigenvalue weighted by molar-refractivity contribution is -0.118. The molecule has 2 unspecified atom stereocenters. The number of benzene rings is 1. The van der Waals surface area contributed by atoms with Crippen molar-refractivity contribution in [3.8, 4) is 0 Å². The molecule has 0 saturated heterocycles. The summed E-state index contributed by atoms with van der Waals surface area (Å²) in [5.74, 6) is 0.822. The van der Waals surface area contributed by atoms with Gasteiger partial charge in [0.25, 0.3) is 0 Å². The van der Waals surface area contributed by atoms with Crippen molar-refractivity contribution in [1.82, 2.24) is 0 Å². The molecular weight excluding hydrogens is 236 g/mol. The Labute approximate surface area is 115 Å². The molecule has 1 aromatic rings. The molecule has 0 bridgehead atoms. The van der Waals surface area contributed by atoms with Crippen molar-refractivity contribution in [3.05, 3.63) is 24.3 Å². The van der Waals surface area contributed by atoms with Gasteiger partial charge >= 0.3 is 0 Å².